The Labute approximate surface area is 211 Å². The summed E-state index contributed by atoms with van der Waals surface area (Å²) in [6.07, 6.45) is 11.0. The molecule has 36 heavy (non-hydrogen) atoms. The third-order valence-corrected chi connectivity index (χ3v) is 7.36. The molecule has 0 saturated carbocycles. The Morgan fingerprint density at radius 3 is 2.78 bits per heavy atom. The van der Waals surface area contributed by atoms with Gasteiger partial charge in [-0.3, -0.25) is 9.69 Å². The third kappa shape index (κ3) is 4.71. The van der Waals surface area contributed by atoms with Gasteiger partial charge in [0.1, 0.15) is 0 Å². The first-order valence-corrected chi connectivity index (χ1v) is 12.9. The quantitative estimate of drug-likeness (QED) is 0.535. The molecule has 3 aliphatic rings. The summed E-state index contributed by atoms with van der Waals surface area (Å²) in [5, 5.41) is 1.26. The first-order chi connectivity index (χ1) is 17.7. The van der Waals surface area contributed by atoms with Gasteiger partial charge in [-0.2, -0.15) is 0 Å². The van der Waals surface area contributed by atoms with Crippen molar-refractivity contribution in [1.29, 1.82) is 0 Å². The molecule has 0 spiro atoms. The van der Waals surface area contributed by atoms with Crippen LogP contribution in [0, 0.1) is 0 Å². The SMILES string of the molecule is O=C(C=Cc1ccc2c(c1)OCO2)N1CCCCC1=CCN1CCN(c2cccc3cc[nH]c23)CC1. The number of allylic oxidation sites excluding steroid dienone is 1. The molecule has 7 nitrogen and oxygen atoms in total. The Morgan fingerprint density at radius 2 is 1.86 bits per heavy atom. The highest BCUT2D eigenvalue weighted by Gasteiger charge is 2.22. The number of anilines is 1. The molecule has 1 N–H and O–H groups in total. The van der Waals surface area contributed by atoms with Crippen molar-refractivity contribution in [2.45, 2.75) is 19.3 Å². The fourth-order valence-electron chi connectivity index (χ4n) is 5.33. The van der Waals surface area contributed by atoms with E-state index in [1.807, 2.05) is 35.4 Å². The number of carbonyl (C=O) groups excluding carboxylic acids is 1. The molecule has 2 aromatic carbocycles. The topological polar surface area (TPSA) is 61.0 Å². The predicted molar refractivity (Wildman–Crippen MR) is 142 cm³/mol. The number of hydrogen-bond acceptors (Lipinski definition) is 5. The van der Waals surface area contributed by atoms with Crippen LogP contribution in [0.2, 0.25) is 0 Å². The molecule has 1 aromatic heterocycles. The fraction of sp³-hybridized carbons (Fsp3) is 0.345. The van der Waals surface area contributed by atoms with Crippen LogP contribution < -0.4 is 14.4 Å². The average molecular weight is 485 g/mol. The number of para-hydroxylation sites is 1. The van der Waals surface area contributed by atoms with Gasteiger partial charge in [0, 0.05) is 62.6 Å². The van der Waals surface area contributed by atoms with Crippen LogP contribution in [-0.4, -0.2) is 66.8 Å². The van der Waals surface area contributed by atoms with Crippen molar-refractivity contribution in [3.8, 4) is 11.5 Å². The van der Waals surface area contributed by atoms with Crippen molar-refractivity contribution in [2.24, 2.45) is 0 Å². The number of nitrogens with zero attached hydrogens (tertiary/aromatic N) is 3. The molecule has 186 valence electrons. The maximum absolute atomic E-state index is 13.1. The minimum atomic E-state index is 0.0440. The van der Waals surface area contributed by atoms with Crippen LogP contribution in [0.1, 0.15) is 24.8 Å². The molecule has 6 rings (SSSR count). The largest absolute Gasteiger partial charge is 0.454 e. The Kier molecular flexibility index (Phi) is 6.38. The first kappa shape index (κ1) is 22.7. The van der Waals surface area contributed by atoms with Crippen molar-refractivity contribution >= 4 is 28.6 Å². The number of amides is 1. The average Bonchev–Trinajstić information content (AvgIpc) is 3.60. The van der Waals surface area contributed by atoms with E-state index in [0.717, 1.165) is 81.3 Å². The fourth-order valence-corrected chi connectivity index (χ4v) is 5.33. The molecule has 0 unspecified atom stereocenters. The monoisotopic (exact) mass is 484 g/mol. The van der Waals surface area contributed by atoms with E-state index in [-0.39, 0.29) is 12.7 Å². The van der Waals surface area contributed by atoms with Gasteiger partial charge in [-0.25, -0.2) is 0 Å². The van der Waals surface area contributed by atoms with E-state index < -0.39 is 0 Å². The minimum absolute atomic E-state index is 0.0440. The van der Waals surface area contributed by atoms with E-state index in [9.17, 15) is 4.79 Å². The number of likely N-dealkylation sites (tertiary alicyclic amines) is 1. The number of hydrogen-bond donors (Lipinski definition) is 1. The summed E-state index contributed by atoms with van der Waals surface area (Å²) in [6, 6.07) is 14.4. The zero-order valence-electron chi connectivity index (χ0n) is 20.5. The highest BCUT2D eigenvalue weighted by molar-refractivity contribution is 5.93. The summed E-state index contributed by atoms with van der Waals surface area (Å²) in [5.41, 5.74) is 4.59. The summed E-state index contributed by atoms with van der Waals surface area (Å²) >= 11 is 0. The number of H-pyrrole nitrogens is 1. The van der Waals surface area contributed by atoms with Gasteiger partial charge in [0.2, 0.25) is 6.79 Å². The Balaban J connectivity index is 1.07. The summed E-state index contributed by atoms with van der Waals surface area (Å²) in [4.78, 5) is 23.4. The molecule has 4 heterocycles. The van der Waals surface area contributed by atoms with E-state index in [0.29, 0.717) is 0 Å². The molecular weight excluding hydrogens is 452 g/mol. The number of rotatable bonds is 5. The maximum atomic E-state index is 13.1. The van der Waals surface area contributed by atoms with Crippen LogP contribution in [0.25, 0.3) is 17.0 Å². The number of piperazine rings is 1. The van der Waals surface area contributed by atoms with E-state index in [2.05, 4.69) is 45.1 Å². The predicted octanol–water partition coefficient (Wildman–Crippen LogP) is 4.63. The number of fused-ring (bicyclic) bond motifs is 2. The lowest BCUT2D eigenvalue weighted by Gasteiger charge is -2.36. The Hall–Kier alpha value is -3.71. The van der Waals surface area contributed by atoms with Crippen LogP contribution in [0.5, 0.6) is 11.5 Å². The van der Waals surface area contributed by atoms with E-state index in [4.69, 9.17) is 9.47 Å². The van der Waals surface area contributed by atoms with Crippen molar-refractivity contribution in [3.63, 3.8) is 0 Å². The van der Waals surface area contributed by atoms with Gasteiger partial charge < -0.3 is 24.3 Å². The number of ether oxygens (including phenoxy) is 2. The number of aromatic amines is 1. The Morgan fingerprint density at radius 1 is 0.972 bits per heavy atom. The summed E-state index contributed by atoms with van der Waals surface area (Å²) in [5.74, 6) is 1.53. The molecule has 0 bridgehead atoms. The molecule has 0 atom stereocenters. The zero-order valence-corrected chi connectivity index (χ0v) is 20.5. The van der Waals surface area contributed by atoms with Crippen LogP contribution in [-0.2, 0) is 4.79 Å². The summed E-state index contributed by atoms with van der Waals surface area (Å²) in [7, 11) is 0. The second-order valence-corrected chi connectivity index (χ2v) is 9.60. The normalized spacial score (nSPS) is 19.6. The van der Waals surface area contributed by atoms with Gasteiger partial charge in [-0.05, 0) is 55.2 Å². The van der Waals surface area contributed by atoms with Crippen LogP contribution in [0.15, 0.2) is 66.5 Å². The molecule has 3 aliphatic heterocycles. The molecule has 2 saturated heterocycles. The van der Waals surface area contributed by atoms with Crippen LogP contribution >= 0.6 is 0 Å². The van der Waals surface area contributed by atoms with E-state index >= 15 is 0 Å². The van der Waals surface area contributed by atoms with E-state index in [1.54, 1.807) is 6.08 Å². The third-order valence-electron chi connectivity index (χ3n) is 7.36. The summed E-state index contributed by atoms with van der Waals surface area (Å²) < 4.78 is 10.8. The smallest absolute Gasteiger partial charge is 0.250 e. The second-order valence-electron chi connectivity index (χ2n) is 9.60. The van der Waals surface area contributed by atoms with Crippen molar-refractivity contribution < 1.29 is 14.3 Å². The zero-order chi connectivity index (χ0) is 24.3. The van der Waals surface area contributed by atoms with Crippen LogP contribution in [0.4, 0.5) is 5.69 Å². The number of carbonyl (C=O) groups is 1. The Bertz CT molecular complexity index is 1300. The molecule has 0 aliphatic carbocycles. The molecule has 0 radical (unpaired) electrons. The number of piperidine rings is 1. The molecule has 3 aromatic rings. The lowest BCUT2D eigenvalue weighted by atomic mass is 10.1. The standard InChI is InChI=1S/C29H32N4O3/c34-28(10-8-22-7-9-26-27(20-22)36-21-35-26)33-14-2-1-5-24(33)12-15-31-16-18-32(19-17-31)25-6-3-4-23-11-13-30-29(23)25/h3-4,6-13,20,30H,1-2,5,14-19,21H2. The van der Waals surface area contributed by atoms with Gasteiger partial charge in [0.05, 0.1) is 11.2 Å². The molecule has 7 heteroatoms. The van der Waals surface area contributed by atoms with Gasteiger partial charge in [0.25, 0.3) is 5.91 Å². The van der Waals surface area contributed by atoms with E-state index in [1.165, 1.54) is 16.6 Å². The number of benzene rings is 2. The molecular formula is C29H32N4O3. The number of nitrogens with one attached hydrogen (secondary N) is 1. The van der Waals surface area contributed by atoms with Gasteiger partial charge in [-0.15, -0.1) is 0 Å². The van der Waals surface area contributed by atoms with Crippen LogP contribution in [0.3, 0.4) is 0 Å². The molecule has 2 fully saturated rings. The summed E-state index contributed by atoms with van der Waals surface area (Å²) in [6.45, 7) is 5.94. The lowest BCUT2D eigenvalue weighted by Crippen LogP contribution is -2.46. The van der Waals surface area contributed by atoms with Crippen molar-refractivity contribution in [1.82, 2.24) is 14.8 Å². The van der Waals surface area contributed by atoms with Crippen molar-refractivity contribution in [2.75, 3.05) is 51.0 Å². The first-order valence-electron chi connectivity index (χ1n) is 12.9. The highest BCUT2D eigenvalue weighted by atomic mass is 16.7. The lowest BCUT2D eigenvalue weighted by molar-refractivity contribution is -0.124. The van der Waals surface area contributed by atoms with Gasteiger partial charge in [-0.1, -0.05) is 24.3 Å². The molecule has 1 amide bonds. The number of aromatic nitrogens is 1. The van der Waals surface area contributed by atoms with Gasteiger partial charge in [0.15, 0.2) is 11.5 Å². The van der Waals surface area contributed by atoms with Crippen molar-refractivity contribution in [3.05, 3.63) is 72.1 Å². The van der Waals surface area contributed by atoms with Gasteiger partial charge >= 0.3 is 0 Å². The minimum Gasteiger partial charge on any atom is -0.454 e. The maximum Gasteiger partial charge on any atom is 0.250 e. The second kappa shape index (κ2) is 10.1. The highest BCUT2D eigenvalue weighted by Crippen LogP contribution is 2.33.